The van der Waals surface area contributed by atoms with Gasteiger partial charge in [-0.15, -0.1) is 0 Å². The van der Waals surface area contributed by atoms with E-state index in [0.29, 0.717) is 13.2 Å². The summed E-state index contributed by atoms with van der Waals surface area (Å²) < 4.78 is 10.4. The molecule has 92 valence electrons. The highest BCUT2D eigenvalue weighted by atomic mass is 35.5. The summed E-state index contributed by atoms with van der Waals surface area (Å²) in [5.74, 6) is 0. The van der Waals surface area contributed by atoms with Gasteiger partial charge >= 0.3 is 0 Å². The van der Waals surface area contributed by atoms with Gasteiger partial charge in [0.2, 0.25) is 0 Å². The topological polar surface area (TPSA) is 24.9 Å². The van der Waals surface area contributed by atoms with Crippen LogP contribution in [0.5, 0.6) is 0 Å². The summed E-state index contributed by atoms with van der Waals surface area (Å²) in [4.78, 5) is 4.26. The van der Waals surface area contributed by atoms with Crippen molar-refractivity contribution in [1.29, 1.82) is 0 Å². The SMILES string of the molecule is CCN(CC)C(COCl)OCCN(C)C. The molecule has 15 heavy (non-hydrogen) atoms. The van der Waals surface area contributed by atoms with Crippen molar-refractivity contribution in [1.82, 2.24) is 9.80 Å². The molecule has 4 nitrogen and oxygen atoms in total. The van der Waals surface area contributed by atoms with Crippen LogP contribution in [0.1, 0.15) is 13.8 Å². The van der Waals surface area contributed by atoms with Gasteiger partial charge in [-0.2, -0.15) is 0 Å². The van der Waals surface area contributed by atoms with Gasteiger partial charge in [-0.25, -0.2) is 0 Å². The lowest BCUT2D eigenvalue weighted by Gasteiger charge is -2.28. The van der Waals surface area contributed by atoms with Crippen molar-refractivity contribution < 1.29 is 9.03 Å². The van der Waals surface area contributed by atoms with E-state index in [1.165, 1.54) is 0 Å². The molecule has 0 N–H and O–H groups in total. The van der Waals surface area contributed by atoms with Gasteiger partial charge in [0.25, 0.3) is 0 Å². The summed E-state index contributed by atoms with van der Waals surface area (Å²) in [6.45, 7) is 8.05. The van der Waals surface area contributed by atoms with Gasteiger partial charge in [-0.1, -0.05) is 13.8 Å². The zero-order valence-electron chi connectivity index (χ0n) is 10.2. The Labute approximate surface area is 98.2 Å². The minimum Gasteiger partial charge on any atom is -0.359 e. The second-order valence-corrected chi connectivity index (χ2v) is 3.84. The fourth-order valence-electron chi connectivity index (χ4n) is 1.32. The molecule has 0 amide bonds. The van der Waals surface area contributed by atoms with Crippen molar-refractivity contribution in [3.05, 3.63) is 0 Å². The van der Waals surface area contributed by atoms with E-state index in [0.717, 1.165) is 19.6 Å². The lowest BCUT2D eigenvalue weighted by Crippen LogP contribution is -2.41. The molecule has 1 atom stereocenters. The summed E-state index contributed by atoms with van der Waals surface area (Å²) >= 11 is 5.28. The van der Waals surface area contributed by atoms with Crippen molar-refractivity contribution in [2.45, 2.75) is 20.1 Å². The third kappa shape index (κ3) is 7.09. The van der Waals surface area contributed by atoms with Crippen LogP contribution in [0.2, 0.25) is 0 Å². The maximum Gasteiger partial charge on any atom is 0.136 e. The molecule has 0 radical (unpaired) electrons. The van der Waals surface area contributed by atoms with Crippen LogP contribution >= 0.6 is 11.9 Å². The highest BCUT2D eigenvalue weighted by Crippen LogP contribution is 2.03. The first kappa shape index (κ1) is 15.1. The number of hydrogen-bond donors (Lipinski definition) is 0. The Bertz CT molecular complexity index is 143. The van der Waals surface area contributed by atoms with Crippen LogP contribution in [-0.2, 0) is 9.03 Å². The van der Waals surface area contributed by atoms with E-state index >= 15 is 0 Å². The summed E-state index contributed by atoms with van der Waals surface area (Å²) in [7, 11) is 4.04. The Morgan fingerprint density at radius 2 is 1.80 bits per heavy atom. The molecule has 0 heterocycles. The van der Waals surface area contributed by atoms with Gasteiger partial charge < -0.3 is 9.64 Å². The standard InChI is InChI=1S/C10H23ClN2O2/c1-5-13(6-2)10(9-15-11)14-8-7-12(3)4/h10H,5-9H2,1-4H3. The highest BCUT2D eigenvalue weighted by molar-refractivity contribution is 6.07. The molecule has 5 heteroatoms. The summed E-state index contributed by atoms with van der Waals surface area (Å²) in [6.07, 6.45) is -0.0440. The minimum absolute atomic E-state index is 0.0440. The molecule has 0 aromatic carbocycles. The van der Waals surface area contributed by atoms with E-state index in [1.807, 2.05) is 14.1 Å². The molecule has 1 unspecified atom stereocenters. The predicted molar refractivity (Wildman–Crippen MR) is 63.0 cm³/mol. The Hall–Kier alpha value is 0.130. The van der Waals surface area contributed by atoms with Crippen molar-refractivity contribution in [2.75, 3.05) is 46.9 Å². The number of rotatable bonds is 9. The van der Waals surface area contributed by atoms with Crippen LogP contribution in [-0.4, -0.2) is 63.0 Å². The summed E-state index contributed by atoms with van der Waals surface area (Å²) in [5.41, 5.74) is 0. The van der Waals surface area contributed by atoms with E-state index in [1.54, 1.807) is 0 Å². The van der Waals surface area contributed by atoms with Crippen molar-refractivity contribution in [3.63, 3.8) is 0 Å². The second kappa shape index (κ2) is 9.36. The van der Waals surface area contributed by atoms with Crippen LogP contribution < -0.4 is 0 Å². The van der Waals surface area contributed by atoms with Crippen molar-refractivity contribution in [3.8, 4) is 0 Å². The monoisotopic (exact) mass is 238 g/mol. The first-order valence-corrected chi connectivity index (χ1v) is 5.70. The summed E-state index contributed by atoms with van der Waals surface area (Å²) in [5, 5.41) is 0. The average molecular weight is 239 g/mol. The van der Waals surface area contributed by atoms with Crippen LogP contribution in [0.15, 0.2) is 0 Å². The molecule has 0 saturated heterocycles. The first-order chi connectivity index (χ1) is 7.15. The lowest BCUT2D eigenvalue weighted by molar-refractivity contribution is -0.0792. The van der Waals surface area contributed by atoms with Crippen LogP contribution in [0.3, 0.4) is 0 Å². The van der Waals surface area contributed by atoms with Crippen molar-refractivity contribution >= 4 is 11.9 Å². The normalized spacial score (nSPS) is 13.8. The molecule has 0 bridgehead atoms. The van der Waals surface area contributed by atoms with Crippen LogP contribution in [0.25, 0.3) is 0 Å². The Morgan fingerprint density at radius 1 is 1.20 bits per heavy atom. The van der Waals surface area contributed by atoms with E-state index in [-0.39, 0.29) is 6.23 Å². The molecule has 0 spiro atoms. The number of likely N-dealkylation sites (N-methyl/N-ethyl adjacent to an activating group) is 2. The third-order valence-corrected chi connectivity index (χ3v) is 2.40. The zero-order valence-corrected chi connectivity index (χ0v) is 11.0. The minimum atomic E-state index is -0.0440. The smallest absolute Gasteiger partial charge is 0.136 e. The third-order valence-electron chi connectivity index (χ3n) is 2.27. The molecule has 0 aliphatic rings. The van der Waals surface area contributed by atoms with Crippen LogP contribution in [0.4, 0.5) is 0 Å². The molecule has 0 fully saturated rings. The van der Waals surface area contributed by atoms with Gasteiger partial charge in [0.15, 0.2) is 0 Å². The lowest BCUT2D eigenvalue weighted by atomic mass is 10.4. The average Bonchev–Trinajstić information content (AvgIpc) is 2.19. The first-order valence-electron chi connectivity index (χ1n) is 5.39. The van der Waals surface area contributed by atoms with Crippen LogP contribution in [0, 0.1) is 0 Å². The molecule has 0 saturated carbocycles. The van der Waals surface area contributed by atoms with Gasteiger partial charge in [0.05, 0.1) is 18.5 Å². The maximum atomic E-state index is 5.71. The quantitative estimate of drug-likeness (QED) is 0.567. The molecule has 0 rings (SSSR count). The van der Waals surface area contributed by atoms with Crippen molar-refractivity contribution in [2.24, 2.45) is 0 Å². The predicted octanol–water partition coefficient (Wildman–Crippen LogP) is 1.40. The fourth-order valence-corrected chi connectivity index (χ4v) is 1.42. The molecule has 0 aromatic rings. The fraction of sp³-hybridized carbons (Fsp3) is 1.00. The van der Waals surface area contributed by atoms with Gasteiger partial charge in [-0.3, -0.25) is 9.19 Å². The van der Waals surface area contributed by atoms with E-state index < -0.39 is 0 Å². The highest BCUT2D eigenvalue weighted by Gasteiger charge is 2.16. The second-order valence-electron chi connectivity index (χ2n) is 3.63. The van der Waals surface area contributed by atoms with Gasteiger partial charge in [0, 0.05) is 6.54 Å². The molecular weight excluding hydrogens is 216 g/mol. The number of halogens is 1. The van der Waals surface area contributed by atoms with Gasteiger partial charge in [-0.05, 0) is 27.2 Å². The summed E-state index contributed by atoms with van der Waals surface area (Å²) in [6, 6.07) is 0. The Kier molecular flexibility index (Phi) is 9.44. The van der Waals surface area contributed by atoms with Gasteiger partial charge in [0.1, 0.15) is 12.8 Å². The number of hydrogen-bond acceptors (Lipinski definition) is 4. The maximum absolute atomic E-state index is 5.71. The largest absolute Gasteiger partial charge is 0.359 e. The number of ether oxygens (including phenoxy) is 1. The molecule has 0 aliphatic heterocycles. The molecule has 0 aromatic heterocycles. The number of nitrogens with zero attached hydrogens (tertiary/aromatic N) is 2. The molecular formula is C10H23ClN2O2. The van der Waals surface area contributed by atoms with E-state index in [9.17, 15) is 0 Å². The Morgan fingerprint density at radius 3 is 2.20 bits per heavy atom. The zero-order chi connectivity index (χ0) is 11.7. The van der Waals surface area contributed by atoms with E-state index in [2.05, 4.69) is 27.9 Å². The molecule has 0 aliphatic carbocycles. The van der Waals surface area contributed by atoms with E-state index in [4.69, 9.17) is 16.6 Å². The Balaban J connectivity index is 3.91.